The highest BCUT2D eigenvalue weighted by Gasteiger charge is 2.22. The van der Waals surface area contributed by atoms with Gasteiger partial charge >= 0.3 is 0 Å². The van der Waals surface area contributed by atoms with Crippen molar-refractivity contribution in [1.82, 2.24) is 9.55 Å². The maximum atomic E-state index is 5.48. The van der Waals surface area contributed by atoms with Crippen molar-refractivity contribution in [3.05, 3.63) is 18.2 Å². The Morgan fingerprint density at radius 1 is 1.54 bits per heavy atom. The van der Waals surface area contributed by atoms with Gasteiger partial charge in [0.2, 0.25) is 0 Å². The summed E-state index contributed by atoms with van der Waals surface area (Å²) >= 11 is 0. The van der Waals surface area contributed by atoms with E-state index in [-0.39, 0.29) is 0 Å². The van der Waals surface area contributed by atoms with Gasteiger partial charge in [0.05, 0.1) is 6.33 Å². The first kappa shape index (κ1) is 8.75. The van der Waals surface area contributed by atoms with Crippen LogP contribution in [0.3, 0.4) is 0 Å². The van der Waals surface area contributed by atoms with Crippen molar-refractivity contribution in [2.24, 2.45) is 11.7 Å². The van der Waals surface area contributed by atoms with E-state index >= 15 is 0 Å². The van der Waals surface area contributed by atoms with Gasteiger partial charge in [0.15, 0.2) is 0 Å². The Labute approximate surface area is 79.0 Å². The van der Waals surface area contributed by atoms with Crippen LogP contribution in [0.1, 0.15) is 25.0 Å². The summed E-state index contributed by atoms with van der Waals surface area (Å²) in [4.78, 5) is 4.18. The normalized spacial score (nSPS) is 16.4. The summed E-state index contributed by atoms with van der Waals surface area (Å²) in [6, 6.07) is 0. The van der Waals surface area contributed by atoms with Gasteiger partial charge in [0.25, 0.3) is 0 Å². The molecule has 0 atom stereocenters. The van der Waals surface area contributed by atoms with Gasteiger partial charge in [-0.1, -0.05) is 0 Å². The third kappa shape index (κ3) is 2.31. The maximum absolute atomic E-state index is 5.48. The molecule has 0 unspecified atom stereocenters. The van der Waals surface area contributed by atoms with Gasteiger partial charge in [-0.3, -0.25) is 0 Å². The van der Waals surface area contributed by atoms with Crippen LogP contribution in [0.5, 0.6) is 0 Å². The molecular weight excluding hydrogens is 162 g/mol. The van der Waals surface area contributed by atoms with Crippen LogP contribution >= 0.6 is 0 Å². The van der Waals surface area contributed by atoms with Crippen molar-refractivity contribution >= 4 is 0 Å². The summed E-state index contributed by atoms with van der Waals surface area (Å²) < 4.78 is 2.29. The van der Waals surface area contributed by atoms with E-state index in [4.69, 9.17) is 5.73 Å². The number of aromatic nitrogens is 2. The molecule has 13 heavy (non-hydrogen) atoms. The van der Waals surface area contributed by atoms with Crippen molar-refractivity contribution < 1.29 is 0 Å². The summed E-state index contributed by atoms with van der Waals surface area (Å²) in [7, 11) is 0. The first-order valence-electron chi connectivity index (χ1n) is 5.09. The predicted octanol–water partition coefficient (Wildman–Crippen LogP) is 1.18. The molecule has 1 aliphatic rings. The van der Waals surface area contributed by atoms with Crippen molar-refractivity contribution in [3.63, 3.8) is 0 Å². The molecule has 0 amide bonds. The summed E-state index contributed by atoms with van der Waals surface area (Å²) in [6.07, 6.45) is 8.85. The highest BCUT2D eigenvalue weighted by molar-refractivity contribution is 4.99. The average Bonchev–Trinajstić information content (AvgIpc) is 2.82. The molecule has 1 heterocycles. The van der Waals surface area contributed by atoms with Crippen LogP contribution in [0.15, 0.2) is 12.5 Å². The van der Waals surface area contributed by atoms with E-state index in [1.165, 1.54) is 25.1 Å². The molecule has 1 aliphatic carbocycles. The van der Waals surface area contributed by atoms with E-state index in [2.05, 4.69) is 9.55 Å². The minimum absolute atomic E-state index is 0.772. The molecule has 0 saturated heterocycles. The van der Waals surface area contributed by atoms with E-state index < -0.39 is 0 Å². The van der Waals surface area contributed by atoms with E-state index in [9.17, 15) is 0 Å². The molecule has 0 spiro atoms. The van der Waals surface area contributed by atoms with E-state index in [0.29, 0.717) is 0 Å². The molecule has 0 aromatic carbocycles. The van der Waals surface area contributed by atoms with E-state index in [0.717, 1.165) is 25.3 Å². The van der Waals surface area contributed by atoms with Crippen LogP contribution in [0, 0.1) is 5.92 Å². The largest absolute Gasteiger partial charge is 0.334 e. The number of nitrogens with two attached hydrogens (primary N) is 1. The number of hydrogen-bond acceptors (Lipinski definition) is 2. The van der Waals surface area contributed by atoms with Crippen LogP contribution in [0.2, 0.25) is 0 Å². The van der Waals surface area contributed by atoms with Crippen molar-refractivity contribution in [3.8, 4) is 0 Å². The second-order valence-corrected chi connectivity index (χ2v) is 3.87. The fourth-order valence-corrected chi connectivity index (χ4v) is 1.58. The monoisotopic (exact) mass is 179 g/mol. The van der Waals surface area contributed by atoms with Gasteiger partial charge in [0, 0.05) is 18.4 Å². The Morgan fingerprint density at radius 3 is 3.08 bits per heavy atom. The molecule has 0 radical (unpaired) electrons. The van der Waals surface area contributed by atoms with Gasteiger partial charge in [-0.05, 0) is 38.1 Å². The zero-order chi connectivity index (χ0) is 9.10. The van der Waals surface area contributed by atoms with Gasteiger partial charge in [-0.2, -0.15) is 0 Å². The predicted molar refractivity (Wildman–Crippen MR) is 52.3 cm³/mol. The number of aryl methyl sites for hydroxylation is 1. The molecule has 72 valence electrons. The van der Waals surface area contributed by atoms with E-state index in [1.807, 2.05) is 12.5 Å². The summed E-state index contributed by atoms with van der Waals surface area (Å²) in [5.74, 6) is 0.922. The van der Waals surface area contributed by atoms with Crippen LogP contribution < -0.4 is 5.73 Å². The van der Waals surface area contributed by atoms with Crippen molar-refractivity contribution in [1.29, 1.82) is 0 Å². The fraction of sp³-hybridized carbons (Fsp3) is 0.700. The molecule has 1 aromatic heterocycles. The second kappa shape index (κ2) is 3.92. The molecule has 3 heteroatoms. The Morgan fingerprint density at radius 2 is 2.38 bits per heavy atom. The third-order valence-electron chi connectivity index (χ3n) is 2.59. The minimum atomic E-state index is 0.772. The van der Waals surface area contributed by atoms with Crippen LogP contribution in [-0.2, 0) is 13.0 Å². The number of rotatable bonds is 5. The Hall–Kier alpha value is -0.830. The smallest absolute Gasteiger partial charge is 0.0948 e. The quantitative estimate of drug-likeness (QED) is 0.737. The van der Waals surface area contributed by atoms with E-state index in [1.54, 1.807) is 0 Å². The second-order valence-electron chi connectivity index (χ2n) is 3.87. The topological polar surface area (TPSA) is 43.8 Å². The van der Waals surface area contributed by atoms with Crippen LogP contribution in [-0.4, -0.2) is 16.1 Å². The lowest BCUT2D eigenvalue weighted by Crippen LogP contribution is -2.06. The zero-order valence-corrected chi connectivity index (χ0v) is 7.95. The highest BCUT2D eigenvalue weighted by atomic mass is 15.0. The summed E-state index contributed by atoms with van der Waals surface area (Å²) in [5, 5.41) is 0. The van der Waals surface area contributed by atoms with Crippen molar-refractivity contribution in [2.75, 3.05) is 6.54 Å². The Balaban J connectivity index is 1.93. The summed E-state index contributed by atoms with van der Waals surface area (Å²) in [6.45, 7) is 1.94. The molecule has 0 bridgehead atoms. The van der Waals surface area contributed by atoms with Crippen LogP contribution in [0.4, 0.5) is 0 Å². The molecular formula is C10H17N3. The number of nitrogens with zero attached hydrogens (tertiary/aromatic N) is 2. The van der Waals surface area contributed by atoms with Gasteiger partial charge in [0.1, 0.15) is 0 Å². The van der Waals surface area contributed by atoms with Gasteiger partial charge in [-0.25, -0.2) is 4.98 Å². The average molecular weight is 179 g/mol. The molecule has 3 nitrogen and oxygen atoms in total. The van der Waals surface area contributed by atoms with Crippen molar-refractivity contribution in [2.45, 2.75) is 32.2 Å². The summed E-state index contributed by atoms with van der Waals surface area (Å²) in [5.41, 5.74) is 6.82. The molecule has 2 rings (SSSR count). The first-order chi connectivity index (χ1) is 6.40. The fourth-order valence-electron chi connectivity index (χ4n) is 1.58. The third-order valence-corrected chi connectivity index (χ3v) is 2.59. The first-order valence-corrected chi connectivity index (χ1v) is 5.09. The SMILES string of the molecule is NCCCc1cncn1CC1CC1. The standard InChI is InChI=1S/C10H17N3/c11-5-1-2-10-6-12-8-13(10)7-9-3-4-9/h6,8-9H,1-5,7,11H2. The van der Waals surface area contributed by atoms with Gasteiger partial charge < -0.3 is 10.3 Å². The highest BCUT2D eigenvalue weighted by Crippen LogP contribution is 2.30. The Bertz CT molecular complexity index is 263. The number of imidazole rings is 1. The lowest BCUT2D eigenvalue weighted by molar-refractivity contribution is 0.595. The molecule has 0 aliphatic heterocycles. The van der Waals surface area contributed by atoms with Crippen LogP contribution in [0.25, 0.3) is 0 Å². The lowest BCUT2D eigenvalue weighted by atomic mass is 10.2. The zero-order valence-electron chi connectivity index (χ0n) is 7.95. The molecule has 1 saturated carbocycles. The Kier molecular flexibility index (Phi) is 2.64. The maximum Gasteiger partial charge on any atom is 0.0948 e. The molecule has 2 N–H and O–H groups in total. The lowest BCUT2D eigenvalue weighted by Gasteiger charge is -2.05. The van der Waals surface area contributed by atoms with Gasteiger partial charge in [-0.15, -0.1) is 0 Å². The molecule has 1 fully saturated rings. The molecule has 1 aromatic rings. The minimum Gasteiger partial charge on any atom is -0.334 e. The number of hydrogen-bond donors (Lipinski definition) is 1.